The molecule has 1 N–H and O–H groups in total. The van der Waals surface area contributed by atoms with Crippen LogP contribution in [0.25, 0.3) is 0 Å². The Morgan fingerprint density at radius 3 is 2.72 bits per heavy atom. The fourth-order valence-electron chi connectivity index (χ4n) is 3.90. The monoisotopic (exact) mass is 406 g/mol. The molecule has 0 saturated carbocycles. The van der Waals surface area contributed by atoms with Gasteiger partial charge in [-0.1, -0.05) is 13.2 Å². The van der Waals surface area contributed by atoms with Gasteiger partial charge in [-0.25, -0.2) is 9.59 Å². The van der Waals surface area contributed by atoms with Crippen LogP contribution in [0.5, 0.6) is 0 Å². The third kappa shape index (κ3) is 4.43. The first-order valence-corrected chi connectivity index (χ1v) is 9.54. The van der Waals surface area contributed by atoms with Crippen molar-refractivity contribution in [2.45, 2.75) is 57.0 Å². The zero-order valence-corrected chi connectivity index (χ0v) is 16.6. The number of carbonyl (C=O) groups is 3. The van der Waals surface area contributed by atoms with Gasteiger partial charge in [-0.3, -0.25) is 4.79 Å². The van der Waals surface area contributed by atoms with Crippen LogP contribution < -0.4 is 0 Å². The van der Waals surface area contributed by atoms with Gasteiger partial charge >= 0.3 is 17.9 Å². The Bertz CT molecular complexity index is 782. The van der Waals surface area contributed by atoms with E-state index in [0.29, 0.717) is 12.8 Å². The summed E-state index contributed by atoms with van der Waals surface area (Å²) >= 11 is 0. The van der Waals surface area contributed by atoms with Gasteiger partial charge in [-0.05, 0) is 31.4 Å². The van der Waals surface area contributed by atoms with Gasteiger partial charge in [0.2, 0.25) is 0 Å². The van der Waals surface area contributed by atoms with Crippen molar-refractivity contribution < 1.29 is 38.4 Å². The molecule has 1 aliphatic carbocycles. The molecule has 3 rings (SSSR count). The van der Waals surface area contributed by atoms with Gasteiger partial charge < -0.3 is 24.1 Å². The van der Waals surface area contributed by atoms with Gasteiger partial charge in [-0.15, -0.1) is 0 Å². The molecule has 3 aliphatic rings. The third-order valence-corrected chi connectivity index (χ3v) is 5.58. The highest BCUT2D eigenvalue weighted by atomic mass is 16.6. The van der Waals surface area contributed by atoms with Crippen molar-refractivity contribution in [1.82, 2.24) is 0 Å². The minimum Gasteiger partial charge on any atom is -0.461 e. The third-order valence-electron chi connectivity index (χ3n) is 5.58. The van der Waals surface area contributed by atoms with Crippen LogP contribution in [0.4, 0.5) is 0 Å². The number of epoxide rings is 1. The Hall–Kier alpha value is -2.45. The van der Waals surface area contributed by atoms with Gasteiger partial charge in [0.15, 0.2) is 0 Å². The topological polar surface area (TPSA) is 112 Å². The molecular weight excluding hydrogens is 380 g/mol. The molecule has 0 bridgehead atoms. The van der Waals surface area contributed by atoms with Crippen LogP contribution in [-0.2, 0) is 33.3 Å². The lowest BCUT2D eigenvalue weighted by Gasteiger charge is -2.29. The minimum absolute atomic E-state index is 0.0532. The summed E-state index contributed by atoms with van der Waals surface area (Å²) in [5.41, 5.74) is 0.294. The molecule has 158 valence electrons. The van der Waals surface area contributed by atoms with Crippen molar-refractivity contribution in [2.75, 3.05) is 13.2 Å². The van der Waals surface area contributed by atoms with Crippen molar-refractivity contribution in [3.05, 3.63) is 36.0 Å². The number of carbonyl (C=O) groups excluding carboxylic acids is 3. The van der Waals surface area contributed by atoms with Crippen LogP contribution in [0, 0.1) is 5.92 Å². The molecule has 8 nitrogen and oxygen atoms in total. The van der Waals surface area contributed by atoms with Crippen LogP contribution in [0.15, 0.2) is 36.0 Å². The van der Waals surface area contributed by atoms with Crippen molar-refractivity contribution in [1.29, 1.82) is 0 Å². The van der Waals surface area contributed by atoms with Crippen LogP contribution >= 0.6 is 0 Å². The van der Waals surface area contributed by atoms with Gasteiger partial charge in [0, 0.05) is 24.5 Å². The number of hydrogen-bond acceptors (Lipinski definition) is 8. The van der Waals surface area contributed by atoms with Crippen LogP contribution in [0.1, 0.15) is 33.1 Å². The molecule has 29 heavy (non-hydrogen) atoms. The minimum atomic E-state index is -0.861. The lowest BCUT2D eigenvalue weighted by atomic mass is 9.82. The first-order chi connectivity index (χ1) is 13.7. The van der Waals surface area contributed by atoms with Crippen molar-refractivity contribution in [3.8, 4) is 0 Å². The zero-order valence-electron chi connectivity index (χ0n) is 16.6. The van der Waals surface area contributed by atoms with E-state index in [2.05, 4.69) is 13.2 Å². The van der Waals surface area contributed by atoms with Crippen molar-refractivity contribution in [3.63, 3.8) is 0 Å². The smallest absolute Gasteiger partial charge is 0.334 e. The highest BCUT2D eigenvalue weighted by molar-refractivity contribution is 5.91. The molecule has 0 spiro atoms. The number of esters is 3. The predicted molar refractivity (Wildman–Crippen MR) is 100 cm³/mol. The number of rotatable bonds is 5. The molecule has 0 aromatic rings. The Balaban J connectivity index is 1.96. The summed E-state index contributed by atoms with van der Waals surface area (Å²) in [7, 11) is 0. The zero-order chi connectivity index (χ0) is 21.3. The number of aliphatic hydroxyl groups excluding tert-OH is 1. The van der Waals surface area contributed by atoms with E-state index in [9.17, 15) is 19.5 Å². The molecular formula is C21H26O8. The van der Waals surface area contributed by atoms with E-state index in [1.165, 1.54) is 13.8 Å². The summed E-state index contributed by atoms with van der Waals surface area (Å²) in [5.74, 6) is -2.25. The Morgan fingerprint density at radius 2 is 2.10 bits per heavy atom. The maximum absolute atomic E-state index is 12.2. The molecule has 5 atom stereocenters. The summed E-state index contributed by atoms with van der Waals surface area (Å²) in [6.07, 6.45) is 1.31. The van der Waals surface area contributed by atoms with E-state index >= 15 is 0 Å². The van der Waals surface area contributed by atoms with E-state index < -0.39 is 41.6 Å². The van der Waals surface area contributed by atoms with Gasteiger partial charge in [0.1, 0.15) is 24.4 Å². The van der Waals surface area contributed by atoms with E-state index in [-0.39, 0.29) is 36.9 Å². The molecule has 2 heterocycles. The second kappa shape index (κ2) is 8.12. The lowest BCUT2D eigenvalue weighted by molar-refractivity contribution is -0.149. The van der Waals surface area contributed by atoms with Crippen LogP contribution in [0.3, 0.4) is 0 Å². The highest BCUT2D eigenvalue weighted by Gasteiger charge is 2.59. The Morgan fingerprint density at radius 1 is 1.38 bits per heavy atom. The largest absolute Gasteiger partial charge is 0.461 e. The quantitative estimate of drug-likeness (QED) is 0.240. The standard InChI is InChI=1S/C21H26O8/c1-11(2)19(24)28-16-8-21(10-22)17(29-21)6-5-14(9-26-13(4)23)7-15-18(16)12(3)20(25)27-15/h7,15-18,22H,1,3,5-6,8-10H2,2,4H3. The Kier molecular flexibility index (Phi) is 5.95. The summed E-state index contributed by atoms with van der Waals surface area (Å²) in [6, 6.07) is 0. The fourth-order valence-corrected chi connectivity index (χ4v) is 3.90. The number of ether oxygens (including phenoxy) is 4. The highest BCUT2D eigenvalue weighted by Crippen LogP contribution is 2.48. The Labute approximate surface area is 169 Å². The first kappa shape index (κ1) is 21.3. The first-order valence-electron chi connectivity index (χ1n) is 9.54. The number of hydrogen-bond donors (Lipinski definition) is 1. The SMILES string of the molecule is C=C(C)C(=O)OC1CC2(CO)OC2CCC(COC(C)=O)=CC2OC(=O)C(=C)C21. The van der Waals surface area contributed by atoms with Gasteiger partial charge in [0.25, 0.3) is 0 Å². The summed E-state index contributed by atoms with van der Waals surface area (Å²) in [6.45, 7) is 10.1. The normalized spacial score (nSPS) is 33.6. The van der Waals surface area contributed by atoms with Crippen molar-refractivity contribution >= 4 is 17.9 Å². The molecule has 0 amide bonds. The number of aliphatic hydroxyl groups is 1. The molecule has 2 aliphatic heterocycles. The average Bonchev–Trinajstić information content (AvgIpc) is 3.28. The van der Waals surface area contributed by atoms with Crippen LogP contribution in [0.2, 0.25) is 0 Å². The van der Waals surface area contributed by atoms with Crippen LogP contribution in [-0.4, -0.2) is 60.1 Å². The molecule has 0 aromatic carbocycles. The van der Waals surface area contributed by atoms with E-state index in [0.717, 1.165) is 5.57 Å². The van der Waals surface area contributed by atoms with Crippen molar-refractivity contribution in [2.24, 2.45) is 5.92 Å². The molecule has 2 fully saturated rings. The molecule has 8 heteroatoms. The van der Waals surface area contributed by atoms with E-state index in [4.69, 9.17) is 18.9 Å². The summed E-state index contributed by atoms with van der Waals surface area (Å²) in [5, 5.41) is 9.94. The summed E-state index contributed by atoms with van der Waals surface area (Å²) < 4.78 is 22.0. The second-order valence-electron chi connectivity index (χ2n) is 7.82. The number of fused-ring (bicyclic) bond motifs is 2. The molecule has 0 radical (unpaired) electrons. The van der Waals surface area contributed by atoms with E-state index in [1.54, 1.807) is 6.08 Å². The molecule has 2 saturated heterocycles. The predicted octanol–water partition coefficient (Wildman–Crippen LogP) is 1.38. The molecule has 0 aromatic heterocycles. The fraction of sp³-hybridized carbons (Fsp3) is 0.571. The second-order valence-corrected chi connectivity index (χ2v) is 7.82. The summed E-state index contributed by atoms with van der Waals surface area (Å²) in [4.78, 5) is 35.7. The van der Waals surface area contributed by atoms with Gasteiger partial charge in [0.05, 0.1) is 18.6 Å². The average molecular weight is 406 g/mol. The maximum atomic E-state index is 12.2. The van der Waals surface area contributed by atoms with Gasteiger partial charge in [-0.2, -0.15) is 0 Å². The lowest BCUT2D eigenvalue weighted by Crippen LogP contribution is -2.39. The maximum Gasteiger partial charge on any atom is 0.334 e. The van der Waals surface area contributed by atoms with E-state index in [1.807, 2.05) is 0 Å². The molecule has 5 unspecified atom stereocenters.